The molecule has 1 aliphatic heterocycles. The second kappa shape index (κ2) is 9.74. The molecule has 5 rings (SSSR count). The van der Waals surface area contributed by atoms with E-state index in [9.17, 15) is 9.59 Å². The largest absolute Gasteiger partial charge is 0.379 e. The number of carbonyl (C=O) groups excluding carboxylic acids is 1. The Labute approximate surface area is 194 Å². The monoisotopic (exact) mass is 470 g/mol. The Bertz CT molecular complexity index is 1180. The Hall–Kier alpha value is -2.20. The number of carbonyl (C=O) groups is 1. The van der Waals surface area contributed by atoms with Crippen molar-refractivity contribution in [3.8, 4) is 0 Å². The van der Waals surface area contributed by atoms with E-state index >= 15 is 0 Å². The summed E-state index contributed by atoms with van der Waals surface area (Å²) in [7, 11) is 0. The van der Waals surface area contributed by atoms with Crippen LogP contribution < -0.4 is 10.9 Å². The third-order valence-electron chi connectivity index (χ3n) is 5.82. The molecule has 3 heterocycles. The topological polar surface area (TPSA) is 87.3 Å². The zero-order valence-electron chi connectivity index (χ0n) is 17.8. The van der Waals surface area contributed by atoms with Gasteiger partial charge < -0.3 is 15.0 Å². The van der Waals surface area contributed by atoms with Gasteiger partial charge in [0.05, 0.1) is 30.1 Å². The molecule has 0 radical (unpaired) electrons. The van der Waals surface area contributed by atoms with E-state index in [1.54, 1.807) is 11.3 Å². The predicted octanol–water partition coefficient (Wildman–Crippen LogP) is 3.18. The SMILES string of the molecule is O=C(CSCc1nc2sc3c(c2c(=O)[nH]1)CCC3)Nc1cccc(CN2CCOCC2)c1. The van der Waals surface area contributed by atoms with Crippen molar-refractivity contribution in [1.29, 1.82) is 0 Å². The molecule has 1 saturated heterocycles. The molecule has 2 aromatic heterocycles. The summed E-state index contributed by atoms with van der Waals surface area (Å²) in [6.45, 7) is 4.27. The van der Waals surface area contributed by atoms with Crippen molar-refractivity contribution in [3.63, 3.8) is 0 Å². The molecular weight excluding hydrogens is 444 g/mol. The van der Waals surface area contributed by atoms with Gasteiger partial charge in [0.1, 0.15) is 10.7 Å². The van der Waals surface area contributed by atoms with Crippen LogP contribution in [0.2, 0.25) is 0 Å². The normalized spacial score (nSPS) is 16.4. The van der Waals surface area contributed by atoms with Crippen molar-refractivity contribution >= 4 is 44.9 Å². The highest BCUT2D eigenvalue weighted by atomic mass is 32.2. The lowest BCUT2D eigenvalue weighted by molar-refractivity contribution is -0.113. The summed E-state index contributed by atoms with van der Waals surface area (Å²) in [5.74, 6) is 1.37. The second-order valence-corrected chi connectivity index (χ2v) is 10.2. The van der Waals surface area contributed by atoms with Crippen LogP contribution in [0.15, 0.2) is 29.1 Å². The van der Waals surface area contributed by atoms with Gasteiger partial charge in [0.15, 0.2) is 0 Å². The zero-order valence-corrected chi connectivity index (χ0v) is 19.4. The van der Waals surface area contributed by atoms with Gasteiger partial charge in [0.2, 0.25) is 5.91 Å². The molecule has 2 aliphatic rings. The third kappa shape index (κ3) is 4.91. The Kier molecular flexibility index (Phi) is 6.59. The Balaban J connectivity index is 1.14. The number of benzene rings is 1. The summed E-state index contributed by atoms with van der Waals surface area (Å²) >= 11 is 3.09. The number of fused-ring (bicyclic) bond motifs is 3. The van der Waals surface area contributed by atoms with Crippen molar-refractivity contribution in [2.75, 3.05) is 37.4 Å². The first-order chi connectivity index (χ1) is 15.7. The average Bonchev–Trinajstić information content (AvgIpc) is 3.36. The molecule has 1 fully saturated rings. The minimum absolute atomic E-state index is 0.0495. The molecule has 3 aromatic rings. The molecule has 1 aliphatic carbocycles. The lowest BCUT2D eigenvalue weighted by Gasteiger charge is -2.26. The van der Waals surface area contributed by atoms with Crippen LogP contribution in [0.1, 0.15) is 28.2 Å². The Morgan fingerprint density at radius 2 is 2.16 bits per heavy atom. The van der Waals surface area contributed by atoms with Crippen LogP contribution in [0.25, 0.3) is 10.2 Å². The van der Waals surface area contributed by atoms with E-state index in [2.05, 4.69) is 26.3 Å². The van der Waals surface area contributed by atoms with Gasteiger partial charge in [0.25, 0.3) is 5.56 Å². The second-order valence-electron chi connectivity index (χ2n) is 8.18. The number of thioether (sulfide) groups is 1. The smallest absolute Gasteiger partial charge is 0.259 e. The van der Waals surface area contributed by atoms with Gasteiger partial charge >= 0.3 is 0 Å². The van der Waals surface area contributed by atoms with Crippen LogP contribution in [0.3, 0.4) is 0 Å². The van der Waals surface area contributed by atoms with Gasteiger partial charge in [-0.2, -0.15) is 0 Å². The van der Waals surface area contributed by atoms with Crippen molar-refractivity contribution in [2.45, 2.75) is 31.6 Å². The van der Waals surface area contributed by atoms with E-state index in [0.717, 1.165) is 68.0 Å². The number of hydrogen-bond donors (Lipinski definition) is 2. The maximum Gasteiger partial charge on any atom is 0.259 e. The number of aromatic amines is 1. The molecule has 7 nitrogen and oxygen atoms in total. The van der Waals surface area contributed by atoms with E-state index < -0.39 is 0 Å². The van der Waals surface area contributed by atoms with Crippen LogP contribution >= 0.6 is 23.1 Å². The first-order valence-corrected chi connectivity index (χ1v) is 12.9. The van der Waals surface area contributed by atoms with Crippen molar-refractivity contribution in [3.05, 3.63) is 56.4 Å². The van der Waals surface area contributed by atoms with Crippen LogP contribution in [-0.2, 0) is 34.7 Å². The fourth-order valence-electron chi connectivity index (χ4n) is 4.32. The maximum absolute atomic E-state index is 12.5. The van der Waals surface area contributed by atoms with E-state index in [0.29, 0.717) is 17.3 Å². The summed E-state index contributed by atoms with van der Waals surface area (Å²) in [6.07, 6.45) is 3.15. The standard InChI is InChI=1S/C23H26N4O3S2/c28-20(24-16-4-1-3-15(11-16)12-27-7-9-30-10-8-27)14-31-13-19-25-22(29)21-17-5-2-6-18(17)32-23(21)26-19/h1,3-4,11H,2,5-10,12-14H2,(H,24,28)(H,25,26,29). The number of thiophene rings is 1. The first-order valence-electron chi connectivity index (χ1n) is 11.0. The number of rotatable bonds is 7. The molecule has 0 unspecified atom stereocenters. The number of H-pyrrole nitrogens is 1. The van der Waals surface area contributed by atoms with Crippen LogP contribution in [-0.4, -0.2) is 52.8 Å². The van der Waals surface area contributed by atoms with Crippen LogP contribution in [0.5, 0.6) is 0 Å². The highest BCUT2D eigenvalue weighted by Crippen LogP contribution is 2.34. The van der Waals surface area contributed by atoms with Crippen LogP contribution in [0.4, 0.5) is 5.69 Å². The summed E-state index contributed by atoms with van der Waals surface area (Å²) in [5.41, 5.74) is 3.12. The molecule has 0 bridgehead atoms. The van der Waals surface area contributed by atoms with Gasteiger partial charge in [-0.05, 0) is 42.5 Å². The Morgan fingerprint density at radius 1 is 1.28 bits per heavy atom. The highest BCUT2D eigenvalue weighted by Gasteiger charge is 2.21. The maximum atomic E-state index is 12.5. The van der Waals surface area contributed by atoms with E-state index in [1.807, 2.05) is 18.2 Å². The summed E-state index contributed by atoms with van der Waals surface area (Å²) in [6, 6.07) is 7.99. The number of nitrogens with zero attached hydrogens (tertiary/aromatic N) is 2. The summed E-state index contributed by atoms with van der Waals surface area (Å²) in [5, 5.41) is 3.75. The fourth-order valence-corrected chi connectivity index (χ4v) is 6.29. The molecule has 1 aromatic carbocycles. The minimum atomic E-state index is -0.0583. The molecule has 9 heteroatoms. The van der Waals surface area contributed by atoms with Gasteiger partial charge in [-0.15, -0.1) is 23.1 Å². The molecule has 0 spiro atoms. The number of amides is 1. The van der Waals surface area contributed by atoms with Crippen molar-refractivity contribution in [1.82, 2.24) is 14.9 Å². The average molecular weight is 471 g/mol. The highest BCUT2D eigenvalue weighted by molar-refractivity contribution is 7.99. The number of hydrogen-bond acceptors (Lipinski definition) is 7. The van der Waals surface area contributed by atoms with E-state index in [1.165, 1.54) is 27.8 Å². The lowest BCUT2D eigenvalue weighted by atomic mass is 10.2. The molecule has 168 valence electrons. The number of aromatic nitrogens is 2. The molecule has 32 heavy (non-hydrogen) atoms. The number of ether oxygens (including phenoxy) is 1. The molecule has 0 atom stereocenters. The van der Waals surface area contributed by atoms with Gasteiger partial charge in [-0.25, -0.2) is 4.98 Å². The van der Waals surface area contributed by atoms with Crippen molar-refractivity contribution < 1.29 is 9.53 Å². The predicted molar refractivity (Wildman–Crippen MR) is 130 cm³/mol. The lowest BCUT2D eigenvalue weighted by Crippen LogP contribution is -2.35. The Morgan fingerprint density at radius 3 is 3.03 bits per heavy atom. The van der Waals surface area contributed by atoms with Gasteiger partial charge in [-0.3, -0.25) is 14.5 Å². The van der Waals surface area contributed by atoms with Gasteiger partial charge in [0, 0.05) is 30.2 Å². The van der Waals surface area contributed by atoms with Crippen LogP contribution in [0, 0.1) is 0 Å². The summed E-state index contributed by atoms with van der Waals surface area (Å²) in [4.78, 5) is 37.0. The van der Waals surface area contributed by atoms with E-state index in [4.69, 9.17) is 4.74 Å². The minimum Gasteiger partial charge on any atom is -0.379 e. The van der Waals surface area contributed by atoms with Crippen molar-refractivity contribution in [2.24, 2.45) is 0 Å². The number of nitrogens with one attached hydrogen (secondary N) is 2. The van der Waals surface area contributed by atoms with E-state index in [-0.39, 0.29) is 11.5 Å². The first kappa shape index (κ1) is 21.6. The number of anilines is 1. The quantitative estimate of drug-likeness (QED) is 0.552. The van der Waals surface area contributed by atoms with Gasteiger partial charge in [-0.1, -0.05) is 12.1 Å². The molecule has 2 N–H and O–H groups in total. The summed E-state index contributed by atoms with van der Waals surface area (Å²) < 4.78 is 5.40. The fraction of sp³-hybridized carbons (Fsp3) is 0.435. The molecule has 0 saturated carbocycles. The molecule has 1 amide bonds. The molecular formula is C23H26N4O3S2. The number of morpholine rings is 1. The zero-order chi connectivity index (χ0) is 21.9. The number of aryl methyl sites for hydroxylation is 2. The third-order valence-corrected chi connectivity index (χ3v) is 7.95.